The van der Waals surface area contributed by atoms with Gasteiger partial charge in [-0.05, 0) is 34.4 Å². The summed E-state index contributed by atoms with van der Waals surface area (Å²) in [6.45, 7) is 0.626. The zero-order valence-corrected chi connectivity index (χ0v) is 26.0. The van der Waals surface area contributed by atoms with Gasteiger partial charge < -0.3 is 20.2 Å². The molecule has 238 valence electrons. The van der Waals surface area contributed by atoms with Gasteiger partial charge in [-0.25, -0.2) is 9.80 Å². The van der Waals surface area contributed by atoms with Crippen LogP contribution in [0.3, 0.4) is 0 Å². The van der Waals surface area contributed by atoms with E-state index in [1.807, 2.05) is 66.7 Å². The van der Waals surface area contributed by atoms with E-state index < -0.39 is 18.2 Å². The Kier molecular flexibility index (Phi) is 9.51. The lowest BCUT2D eigenvalue weighted by Crippen LogP contribution is -2.76. The maximum atomic E-state index is 14.5. The lowest BCUT2D eigenvalue weighted by atomic mass is 9.89. The summed E-state index contributed by atoms with van der Waals surface area (Å²) in [5, 5.41) is 16.0. The molecular weight excluding hydrogens is 590 g/mol. The standard InChI is InChI=1S/C38H37N5O4/c1-2-22-41-27-36(45)42-34(23-28-18-20-32(44)21-19-28)37(46)40(25-33(30-14-8-4-9-15-30)31-16-10-5-11-17-31)26-35(42)43(41)38(47)39-24-29-12-6-3-7-13-29/h1,3-21,33-35,44H,22-27H2,(H,39,47)/t34-,35-/m0/s1. The number of phenols is 1. The highest BCUT2D eigenvalue weighted by molar-refractivity contribution is 5.92. The van der Waals surface area contributed by atoms with Crippen molar-refractivity contribution < 1.29 is 19.5 Å². The Balaban J connectivity index is 1.38. The van der Waals surface area contributed by atoms with Crippen molar-refractivity contribution in [2.24, 2.45) is 0 Å². The number of hydrazine groups is 1. The first-order valence-electron chi connectivity index (χ1n) is 15.7. The van der Waals surface area contributed by atoms with Gasteiger partial charge in [0.1, 0.15) is 18.0 Å². The number of fused-ring (bicyclic) bond motifs is 1. The van der Waals surface area contributed by atoms with Crippen molar-refractivity contribution in [3.63, 3.8) is 0 Å². The van der Waals surface area contributed by atoms with Crippen molar-refractivity contribution in [1.82, 2.24) is 25.1 Å². The van der Waals surface area contributed by atoms with Crippen LogP contribution in [0.2, 0.25) is 0 Å². The summed E-state index contributed by atoms with van der Waals surface area (Å²) in [7, 11) is 0. The molecule has 0 bridgehead atoms. The molecule has 2 N–H and O–H groups in total. The fourth-order valence-corrected chi connectivity index (χ4v) is 6.51. The van der Waals surface area contributed by atoms with Gasteiger partial charge in [0.05, 0.1) is 19.6 Å². The molecule has 9 nitrogen and oxygen atoms in total. The molecule has 2 atom stereocenters. The molecular formula is C38H37N5O4. The van der Waals surface area contributed by atoms with E-state index in [2.05, 4.69) is 35.5 Å². The second kappa shape index (κ2) is 14.2. The molecule has 2 heterocycles. The molecule has 4 amide bonds. The predicted octanol–water partition coefficient (Wildman–Crippen LogP) is 4.21. The van der Waals surface area contributed by atoms with Gasteiger partial charge in [-0.1, -0.05) is 109 Å². The smallest absolute Gasteiger partial charge is 0.334 e. The minimum atomic E-state index is -0.879. The van der Waals surface area contributed by atoms with E-state index in [0.29, 0.717) is 6.54 Å². The summed E-state index contributed by atoms with van der Waals surface area (Å²) >= 11 is 0. The average Bonchev–Trinajstić information content (AvgIpc) is 3.10. The molecule has 2 aliphatic heterocycles. The van der Waals surface area contributed by atoms with Crippen molar-refractivity contribution in [2.45, 2.75) is 31.1 Å². The Hall–Kier alpha value is -5.59. The Labute approximate surface area is 275 Å². The lowest BCUT2D eigenvalue weighted by molar-refractivity contribution is -0.188. The molecule has 47 heavy (non-hydrogen) atoms. The number of terminal acetylenes is 1. The molecule has 2 saturated heterocycles. The van der Waals surface area contributed by atoms with E-state index in [-0.39, 0.29) is 56.1 Å². The fourth-order valence-electron chi connectivity index (χ4n) is 6.51. The van der Waals surface area contributed by atoms with Crippen molar-refractivity contribution in [3.05, 3.63) is 138 Å². The zero-order valence-electron chi connectivity index (χ0n) is 26.0. The predicted molar refractivity (Wildman–Crippen MR) is 178 cm³/mol. The number of urea groups is 1. The molecule has 0 spiro atoms. The Morgan fingerprint density at radius 1 is 0.851 bits per heavy atom. The zero-order chi connectivity index (χ0) is 32.8. The highest BCUT2D eigenvalue weighted by Crippen LogP contribution is 2.32. The minimum absolute atomic E-state index is 0.0437. The number of carbonyl (C=O) groups excluding carboxylic acids is 3. The Morgan fingerprint density at radius 3 is 2.04 bits per heavy atom. The van der Waals surface area contributed by atoms with Gasteiger partial charge >= 0.3 is 6.03 Å². The first kappa shape index (κ1) is 31.4. The topological polar surface area (TPSA) is 96.4 Å². The van der Waals surface area contributed by atoms with Gasteiger partial charge in [0.2, 0.25) is 11.8 Å². The number of piperazine rings is 1. The summed E-state index contributed by atoms with van der Waals surface area (Å²) < 4.78 is 0. The number of nitrogens with zero attached hydrogens (tertiary/aromatic N) is 4. The number of phenolic OH excluding ortho intramolecular Hbond substituents is 1. The Morgan fingerprint density at radius 2 is 1.45 bits per heavy atom. The average molecular weight is 628 g/mol. The Bertz CT molecular complexity index is 1690. The van der Waals surface area contributed by atoms with Crippen LogP contribution in [-0.4, -0.2) is 81.2 Å². The van der Waals surface area contributed by atoms with Crippen LogP contribution in [0.25, 0.3) is 0 Å². The van der Waals surface area contributed by atoms with Crippen LogP contribution in [-0.2, 0) is 22.6 Å². The molecule has 9 heteroatoms. The molecule has 4 aromatic rings. The van der Waals surface area contributed by atoms with Gasteiger partial charge in [-0.2, -0.15) is 5.01 Å². The van der Waals surface area contributed by atoms with E-state index in [4.69, 9.17) is 6.42 Å². The quantitative estimate of drug-likeness (QED) is 0.271. The molecule has 0 aromatic heterocycles. The number of benzene rings is 4. The molecule has 6 rings (SSSR count). The largest absolute Gasteiger partial charge is 0.508 e. The van der Waals surface area contributed by atoms with E-state index >= 15 is 0 Å². The van der Waals surface area contributed by atoms with Crippen molar-refractivity contribution in [1.29, 1.82) is 0 Å². The van der Waals surface area contributed by atoms with Gasteiger partial charge in [-0.3, -0.25) is 9.59 Å². The summed E-state index contributed by atoms with van der Waals surface area (Å²) in [5.74, 6) is 2.07. The normalized spacial score (nSPS) is 18.2. The highest BCUT2D eigenvalue weighted by atomic mass is 16.3. The molecule has 4 aromatic carbocycles. The van der Waals surface area contributed by atoms with Crippen LogP contribution in [0.15, 0.2) is 115 Å². The van der Waals surface area contributed by atoms with Crippen LogP contribution in [0, 0.1) is 12.3 Å². The number of rotatable bonds is 9. The van der Waals surface area contributed by atoms with Gasteiger partial charge in [-0.15, -0.1) is 6.42 Å². The van der Waals surface area contributed by atoms with Crippen LogP contribution in [0.1, 0.15) is 28.2 Å². The van der Waals surface area contributed by atoms with E-state index in [1.54, 1.807) is 39.1 Å². The number of amides is 4. The van der Waals surface area contributed by atoms with Crippen LogP contribution < -0.4 is 5.32 Å². The van der Waals surface area contributed by atoms with Crippen LogP contribution in [0.4, 0.5) is 4.79 Å². The van der Waals surface area contributed by atoms with Crippen molar-refractivity contribution >= 4 is 17.8 Å². The first-order chi connectivity index (χ1) is 22.9. The second-order valence-corrected chi connectivity index (χ2v) is 11.8. The number of hydrogen-bond donors (Lipinski definition) is 2. The summed E-state index contributed by atoms with van der Waals surface area (Å²) in [6, 6.07) is 34.9. The summed E-state index contributed by atoms with van der Waals surface area (Å²) in [6.07, 6.45) is 5.14. The van der Waals surface area contributed by atoms with Gasteiger partial charge in [0.15, 0.2) is 0 Å². The maximum absolute atomic E-state index is 14.5. The number of carbonyl (C=O) groups is 3. The molecule has 0 radical (unpaired) electrons. The third-order valence-electron chi connectivity index (χ3n) is 8.77. The van der Waals surface area contributed by atoms with Crippen molar-refractivity contribution in [2.75, 3.05) is 26.2 Å². The van der Waals surface area contributed by atoms with Crippen molar-refractivity contribution in [3.8, 4) is 18.1 Å². The molecule has 2 fully saturated rings. The minimum Gasteiger partial charge on any atom is -0.508 e. The van der Waals surface area contributed by atoms with Gasteiger partial charge in [0.25, 0.3) is 0 Å². The second-order valence-electron chi connectivity index (χ2n) is 11.8. The molecule has 0 aliphatic carbocycles. The van der Waals surface area contributed by atoms with Crippen LogP contribution >= 0.6 is 0 Å². The number of nitrogens with one attached hydrogen (secondary N) is 1. The van der Waals surface area contributed by atoms with E-state index in [0.717, 1.165) is 22.3 Å². The summed E-state index contributed by atoms with van der Waals surface area (Å²) in [4.78, 5) is 45.7. The van der Waals surface area contributed by atoms with Gasteiger partial charge in [0, 0.05) is 25.4 Å². The third-order valence-corrected chi connectivity index (χ3v) is 8.77. The molecule has 0 unspecified atom stereocenters. The first-order valence-corrected chi connectivity index (χ1v) is 15.7. The maximum Gasteiger partial charge on any atom is 0.334 e. The summed E-state index contributed by atoms with van der Waals surface area (Å²) in [5.41, 5.74) is 3.81. The number of aromatic hydroxyl groups is 1. The van der Waals surface area contributed by atoms with Crippen LogP contribution in [0.5, 0.6) is 5.75 Å². The molecule has 2 aliphatic rings. The highest BCUT2D eigenvalue weighted by Gasteiger charge is 2.51. The van der Waals surface area contributed by atoms with E-state index in [9.17, 15) is 19.5 Å². The monoisotopic (exact) mass is 627 g/mol. The SMILES string of the molecule is C#CCN1CC(=O)N2[C@@H](Cc3ccc(O)cc3)C(=O)N(CC(c3ccccc3)c3ccccc3)C[C@@H]2N1C(=O)NCc1ccccc1. The fraction of sp³-hybridized carbons (Fsp3) is 0.237. The molecule has 0 saturated carbocycles. The number of hydrogen-bond acceptors (Lipinski definition) is 5. The van der Waals surface area contributed by atoms with E-state index in [1.165, 1.54) is 5.01 Å². The third kappa shape index (κ3) is 6.98. The lowest BCUT2D eigenvalue weighted by Gasteiger charge is -2.55.